The summed E-state index contributed by atoms with van der Waals surface area (Å²) in [6.45, 7) is 0.737. The molecule has 0 atom stereocenters. The SMILES string of the molecule is O=S(=O)(CC1CC1)c1ccc2c(c1)CCCO2. The topological polar surface area (TPSA) is 43.4 Å². The molecule has 1 aliphatic carbocycles. The van der Waals surface area contributed by atoms with Gasteiger partial charge in [-0.15, -0.1) is 0 Å². The van der Waals surface area contributed by atoms with Crippen LogP contribution in [0.4, 0.5) is 0 Å². The highest BCUT2D eigenvalue weighted by atomic mass is 32.2. The van der Waals surface area contributed by atoms with Crippen LogP contribution in [0.25, 0.3) is 0 Å². The lowest BCUT2D eigenvalue weighted by atomic mass is 10.1. The molecule has 1 saturated carbocycles. The van der Waals surface area contributed by atoms with Gasteiger partial charge in [0.1, 0.15) is 5.75 Å². The molecule has 1 aromatic rings. The van der Waals surface area contributed by atoms with Gasteiger partial charge in [-0.25, -0.2) is 8.42 Å². The zero-order chi connectivity index (χ0) is 11.9. The zero-order valence-corrected chi connectivity index (χ0v) is 10.5. The van der Waals surface area contributed by atoms with Gasteiger partial charge < -0.3 is 4.74 Å². The highest BCUT2D eigenvalue weighted by Crippen LogP contribution is 2.33. The monoisotopic (exact) mass is 252 g/mol. The predicted octanol–water partition coefficient (Wildman–Crippen LogP) is 2.20. The lowest BCUT2D eigenvalue weighted by Gasteiger charge is -2.17. The highest BCUT2D eigenvalue weighted by Gasteiger charge is 2.29. The second-order valence-corrected chi connectivity index (χ2v) is 6.98. The average molecular weight is 252 g/mol. The summed E-state index contributed by atoms with van der Waals surface area (Å²) in [5.74, 6) is 1.56. The largest absolute Gasteiger partial charge is 0.493 e. The van der Waals surface area contributed by atoms with Crippen LogP contribution in [0.3, 0.4) is 0 Å². The molecule has 3 nitrogen and oxygen atoms in total. The molecule has 0 radical (unpaired) electrons. The first-order valence-corrected chi connectivity index (χ1v) is 7.79. The lowest BCUT2D eigenvalue weighted by Crippen LogP contribution is -2.12. The van der Waals surface area contributed by atoms with E-state index < -0.39 is 9.84 Å². The fourth-order valence-electron chi connectivity index (χ4n) is 2.22. The van der Waals surface area contributed by atoms with Crippen LogP contribution in [-0.2, 0) is 16.3 Å². The van der Waals surface area contributed by atoms with E-state index >= 15 is 0 Å². The summed E-state index contributed by atoms with van der Waals surface area (Å²) in [5, 5.41) is 0. The van der Waals surface area contributed by atoms with E-state index in [1.807, 2.05) is 0 Å². The van der Waals surface area contributed by atoms with Gasteiger partial charge in [-0.1, -0.05) is 0 Å². The second-order valence-electron chi connectivity index (χ2n) is 4.95. The first-order valence-electron chi connectivity index (χ1n) is 6.14. The molecule has 0 amide bonds. The van der Waals surface area contributed by atoms with Crippen LogP contribution in [0.1, 0.15) is 24.8 Å². The molecule has 0 bridgehead atoms. The van der Waals surface area contributed by atoms with Crippen molar-refractivity contribution in [2.45, 2.75) is 30.6 Å². The van der Waals surface area contributed by atoms with Gasteiger partial charge in [0.25, 0.3) is 0 Å². The molecule has 17 heavy (non-hydrogen) atoms. The predicted molar refractivity (Wildman–Crippen MR) is 65.0 cm³/mol. The summed E-state index contributed by atoms with van der Waals surface area (Å²) >= 11 is 0. The minimum absolute atomic E-state index is 0.312. The van der Waals surface area contributed by atoms with Crippen molar-refractivity contribution in [3.05, 3.63) is 23.8 Å². The molecule has 1 aliphatic heterocycles. The fourth-order valence-corrected chi connectivity index (χ4v) is 3.96. The summed E-state index contributed by atoms with van der Waals surface area (Å²) in [5.41, 5.74) is 1.04. The standard InChI is InChI=1S/C13H16O3S/c14-17(15,9-10-3-4-10)12-5-6-13-11(8-12)2-1-7-16-13/h5-6,8,10H,1-4,7,9H2. The Bertz CT molecular complexity index is 530. The number of fused-ring (bicyclic) bond motifs is 1. The first kappa shape index (κ1) is 11.1. The third-order valence-electron chi connectivity index (χ3n) is 3.39. The lowest BCUT2D eigenvalue weighted by molar-refractivity contribution is 0.288. The Hall–Kier alpha value is -1.03. The van der Waals surface area contributed by atoms with Gasteiger partial charge in [-0.3, -0.25) is 0 Å². The summed E-state index contributed by atoms with van der Waals surface area (Å²) in [4.78, 5) is 0.466. The number of benzene rings is 1. The van der Waals surface area contributed by atoms with Gasteiger partial charge in [0.2, 0.25) is 0 Å². The van der Waals surface area contributed by atoms with E-state index in [1.54, 1.807) is 18.2 Å². The number of ether oxygens (including phenoxy) is 1. The second kappa shape index (κ2) is 4.02. The summed E-state index contributed by atoms with van der Waals surface area (Å²) < 4.78 is 29.7. The average Bonchev–Trinajstić information content (AvgIpc) is 3.11. The van der Waals surface area contributed by atoms with Gasteiger partial charge in [-0.05, 0) is 55.4 Å². The quantitative estimate of drug-likeness (QED) is 0.828. The van der Waals surface area contributed by atoms with E-state index in [9.17, 15) is 8.42 Å². The van der Waals surface area contributed by atoms with Crippen LogP contribution in [0.2, 0.25) is 0 Å². The third kappa shape index (κ3) is 2.32. The molecule has 1 aromatic carbocycles. The van der Waals surface area contributed by atoms with Gasteiger partial charge >= 0.3 is 0 Å². The van der Waals surface area contributed by atoms with Crippen LogP contribution in [0.5, 0.6) is 5.75 Å². The van der Waals surface area contributed by atoms with Crippen molar-refractivity contribution in [3.8, 4) is 5.75 Å². The highest BCUT2D eigenvalue weighted by molar-refractivity contribution is 7.91. The maximum Gasteiger partial charge on any atom is 0.178 e. The molecule has 4 heteroatoms. The zero-order valence-electron chi connectivity index (χ0n) is 9.69. The van der Waals surface area contributed by atoms with Crippen molar-refractivity contribution >= 4 is 9.84 Å². The van der Waals surface area contributed by atoms with E-state index in [1.165, 1.54) is 0 Å². The minimum atomic E-state index is -3.09. The van der Waals surface area contributed by atoms with Gasteiger partial charge in [0.15, 0.2) is 9.84 Å². The molecule has 92 valence electrons. The van der Waals surface area contributed by atoms with Crippen molar-refractivity contribution in [1.29, 1.82) is 0 Å². The van der Waals surface area contributed by atoms with E-state index in [0.717, 1.165) is 43.6 Å². The van der Waals surface area contributed by atoms with E-state index in [2.05, 4.69) is 0 Å². The smallest absolute Gasteiger partial charge is 0.178 e. The van der Waals surface area contributed by atoms with E-state index in [0.29, 0.717) is 16.6 Å². The van der Waals surface area contributed by atoms with E-state index in [-0.39, 0.29) is 0 Å². The first-order chi connectivity index (χ1) is 8.15. The van der Waals surface area contributed by atoms with E-state index in [4.69, 9.17) is 4.74 Å². The summed E-state index contributed by atoms with van der Waals surface area (Å²) in [7, 11) is -3.09. The number of sulfone groups is 1. The Morgan fingerprint density at radius 2 is 2.12 bits per heavy atom. The summed E-state index contributed by atoms with van der Waals surface area (Å²) in [6, 6.07) is 5.28. The normalized spacial score (nSPS) is 19.5. The molecule has 1 heterocycles. The summed E-state index contributed by atoms with van der Waals surface area (Å²) in [6.07, 6.45) is 4.02. The Morgan fingerprint density at radius 3 is 2.88 bits per heavy atom. The Kier molecular flexibility index (Phi) is 2.62. The minimum Gasteiger partial charge on any atom is -0.493 e. The maximum absolute atomic E-state index is 12.1. The van der Waals surface area contributed by atoms with Crippen LogP contribution in [-0.4, -0.2) is 20.8 Å². The number of rotatable bonds is 3. The van der Waals surface area contributed by atoms with Crippen LogP contribution >= 0.6 is 0 Å². The van der Waals surface area contributed by atoms with Gasteiger partial charge in [0, 0.05) is 0 Å². The van der Waals surface area contributed by atoms with Crippen molar-refractivity contribution < 1.29 is 13.2 Å². The fraction of sp³-hybridized carbons (Fsp3) is 0.538. The van der Waals surface area contributed by atoms with Crippen molar-refractivity contribution in [3.63, 3.8) is 0 Å². The molecule has 2 aliphatic rings. The van der Waals surface area contributed by atoms with Crippen LogP contribution in [0.15, 0.2) is 23.1 Å². The Labute approximate surface area is 102 Å². The molecule has 0 aromatic heterocycles. The Balaban J connectivity index is 1.92. The molecule has 1 fully saturated rings. The van der Waals surface area contributed by atoms with Gasteiger partial charge in [0.05, 0.1) is 17.3 Å². The molecule has 3 rings (SSSR count). The van der Waals surface area contributed by atoms with Gasteiger partial charge in [-0.2, -0.15) is 0 Å². The van der Waals surface area contributed by atoms with Crippen LogP contribution < -0.4 is 4.74 Å². The Morgan fingerprint density at radius 1 is 1.29 bits per heavy atom. The molecule has 0 N–H and O–H groups in total. The molecule has 0 unspecified atom stereocenters. The van der Waals surface area contributed by atoms with Crippen molar-refractivity contribution in [2.75, 3.05) is 12.4 Å². The number of hydrogen-bond donors (Lipinski definition) is 0. The molecule has 0 spiro atoms. The molecular formula is C13H16O3S. The number of aryl methyl sites for hydroxylation is 1. The number of hydrogen-bond acceptors (Lipinski definition) is 3. The molecule has 0 saturated heterocycles. The van der Waals surface area contributed by atoms with Crippen molar-refractivity contribution in [2.24, 2.45) is 5.92 Å². The van der Waals surface area contributed by atoms with Crippen molar-refractivity contribution in [1.82, 2.24) is 0 Å². The third-order valence-corrected chi connectivity index (χ3v) is 5.27. The molecular weight excluding hydrogens is 236 g/mol. The van der Waals surface area contributed by atoms with Crippen LogP contribution in [0, 0.1) is 5.92 Å². The maximum atomic E-state index is 12.1.